The van der Waals surface area contributed by atoms with Gasteiger partial charge in [0.05, 0.1) is 31.9 Å². The maximum absolute atomic E-state index is 13.0. The zero-order valence-corrected chi connectivity index (χ0v) is 19.4. The second-order valence-corrected chi connectivity index (χ2v) is 7.95. The van der Waals surface area contributed by atoms with E-state index in [0.717, 1.165) is 0 Å². The van der Waals surface area contributed by atoms with E-state index < -0.39 is 6.04 Å². The van der Waals surface area contributed by atoms with Crippen molar-refractivity contribution in [3.05, 3.63) is 53.5 Å². The summed E-state index contributed by atoms with van der Waals surface area (Å²) in [6.45, 7) is 2.65. The Balaban J connectivity index is 1.57. The van der Waals surface area contributed by atoms with Gasteiger partial charge in [-0.15, -0.1) is 0 Å². The van der Waals surface area contributed by atoms with Gasteiger partial charge in [0.1, 0.15) is 0 Å². The van der Waals surface area contributed by atoms with Gasteiger partial charge in [0.25, 0.3) is 5.89 Å². The number of amides is 2. The number of carbonyl (C=O) groups is 1. The molecule has 0 radical (unpaired) electrons. The van der Waals surface area contributed by atoms with Crippen LogP contribution in [-0.2, 0) is 4.74 Å². The monoisotopic (exact) mass is 480 g/mol. The third-order valence-corrected chi connectivity index (χ3v) is 5.94. The Morgan fingerprint density at radius 2 is 2.00 bits per heavy atom. The molecule has 2 aliphatic heterocycles. The summed E-state index contributed by atoms with van der Waals surface area (Å²) in [5.41, 5.74) is 2.55. The third kappa shape index (κ3) is 4.10. The molecule has 1 unspecified atom stereocenters. The highest BCUT2D eigenvalue weighted by atomic mass is 16.7. The topological polar surface area (TPSA) is 128 Å². The number of hydrogen-bond donors (Lipinski definition) is 2. The van der Waals surface area contributed by atoms with E-state index in [1.807, 2.05) is 13.0 Å². The highest BCUT2D eigenvalue weighted by Crippen LogP contribution is 2.40. The molecule has 2 N–H and O–H groups in total. The molecule has 0 spiro atoms. The number of nitrogens with one attached hydrogen (secondary N) is 1. The first-order chi connectivity index (χ1) is 17.0. The Morgan fingerprint density at radius 1 is 1.17 bits per heavy atom. The number of hydrogen-bond acceptors (Lipinski definition) is 9. The van der Waals surface area contributed by atoms with Crippen molar-refractivity contribution in [1.29, 1.82) is 0 Å². The largest absolute Gasteiger partial charge is 0.504 e. The number of phenolic OH excluding ortho intramolecular Hbond substituents is 1. The first kappa shape index (κ1) is 22.5. The molecular formula is C24H24N4O7. The normalized spacial score (nSPS) is 17.1. The van der Waals surface area contributed by atoms with Crippen LogP contribution in [0.4, 0.5) is 4.79 Å². The number of benzene rings is 2. The van der Waals surface area contributed by atoms with Gasteiger partial charge in [-0.25, -0.2) is 4.79 Å². The molecule has 0 bridgehead atoms. The molecule has 2 aliphatic rings. The lowest BCUT2D eigenvalue weighted by Crippen LogP contribution is -2.47. The summed E-state index contributed by atoms with van der Waals surface area (Å²) in [6, 6.07) is 9.36. The molecule has 35 heavy (non-hydrogen) atoms. The highest BCUT2D eigenvalue weighted by molar-refractivity contribution is 5.87. The predicted molar refractivity (Wildman–Crippen MR) is 123 cm³/mol. The number of rotatable bonds is 7. The maximum atomic E-state index is 13.0. The number of methoxy groups -OCH3 is 2. The number of fused-ring (bicyclic) bond motifs is 1. The molecule has 182 valence electrons. The average Bonchev–Trinajstić information content (AvgIpc) is 3.53. The molecular weight excluding hydrogens is 456 g/mol. The molecule has 3 aromatic rings. The predicted octanol–water partition coefficient (Wildman–Crippen LogP) is 3.32. The number of aromatic nitrogens is 2. The van der Waals surface area contributed by atoms with Crippen molar-refractivity contribution in [2.45, 2.75) is 13.0 Å². The highest BCUT2D eigenvalue weighted by Gasteiger charge is 2.36. The molecule has 11 heteroatoms. The Kier molecular flexibility index (Phi) is 5.91. The lowest BCUT2D eigenvalue weighted by Gasteiger charge is -2.35. The Labute approximate surface area is 200 Å². The number of urea groups is 1. The second-order valence-electron chi connectivity index (χ2n) is 7.95. The van der Waals surface area contributed by atoms with Crippen molar-refractivity contribution >= 4 is 11.6 Å². The van der Waals surface area contributed by atoms with Crippen LogP contribution >= 0.6 is 0 Å². The van der Waals surface area contributed by atoms with E-state index in [4.69, 9.17) is 23.5 Å². The van der Waals surface area contributed by atoms with Gasteiger partial charge in [-0.2, -0.15) is 4.98 Å². The fourth-order valence-corrected chi connectivity index (χ4v) is 4.13. The van der Waals surface area contributed by atoms with Crippen molar-refractivity contribution in [1.82, 2.24) is 20.4 Å². The average molecular weight is 480 g/mol. The van der Waals surface area contributed by atoms with Crippen molar-refractivity contribution < 1.29 is 33.4 Å². The summed E-state index contributed by atoms with van der Waals surface area (Å²) in [7, 11) is 3.04. The van der Waals surface area contributed by atoms with Crippen LogP contribution in [0.1, 0.15) is 24.4 Å². The van der Waals surface area contributed by atoms with E-state index in [-0.39, 0.29) is 24.5 Å². The van der Waals surface area contributed by atoms with Crippen molar-refractivity contribution in [2.24, 2.45) is 0 Å². The zero-order chi connectivity index (χ0) is 24.5. The molecule has 1 atom stereocenters. The minimum absolute atomic E-state index is 0.0513. The van der Waals surface area contributed by atoms with Crippen LogP contribution in [0.3, 0.4) is 0 Å². The number of allylic oxidation sites excluding steroid dienone is 1. The molecule has 0 aliphatic carbocycles. The minimum Gasteiger partial charge on any atom is -0.504 e. The lowest BCUT2D eigenvalue weighted by atomic mass is 9.94. The second kappa shape index (κ2) is 9.18. The van der Waals surface area contributed by atoms with Gasteiger partial charge in [-0.05, 0) is 42.8 Å². The summed E-state index contributed by atoms with van der Waals surface area (Å²) in [6.07, 6.45) is 0. The van der Waals surface area contributed by atoms with Crippen molar-refractivity contribution in [2.75, 3.05) is 34.2 Å². The smallest absolute Gasteiger partial charge is 0.322 e. The zero-order valence-electron chi connectivity index (χ0n) is 19.4. The van der Waals surface area contributed by atoms with E-state index in [1.165, 1.54) is 13.2 Å². The standard InChI is InChI=1S/C24H24N4O7/c1-13-20(23-26-22(27-35-23)15-5-7-18-19(11-15)34-12-33-18)21(25-24(30)28(13)8-9-31-2)14-4-6-17(32-3)16(29)10-14/h4-7,10-11,21,29H,8-9,12H2,1-3H3,(H,25,30). The summed E-state index contributed by atoms with van der Waals surface area (Å²) in [4.78, 5) is 19.1. The van der Waals surface area contributed by atoms with Crippen molar-refractivity contribution in [3.63, 3.8) is 0 Å². The first-order valence-electron chi connectivity index (χ1n) is 10.9. The van der Waals surface area contributed by atoms with Crippen molar-refractivity contribution in [3.8, 4) is 34.4 Å². The SMILES string of the molecule is COCCN1C(=O)NC(c2ccc(OC)c(O)c2)C(c2nc(-c3ccc4c(c3)OCO4)no2)=C1C. The fraction of sp³-hybridized carbons (Fsp3) is 0.292. The molecule has 3 heterocycles. The molecule has 11 nitrogen and oxygen atoms in total. The van der Waals surface area contributed by atoms with Crippen LogP contribution in [0.25, 0.3) is 17.0 Å². The lowest BCUT2D eigenvalue weighted by molar-refractivity contribution is 0.158. The van der Waals surface area contributed by atoms with Crippen LogP contribution < -0.4 is 19.5 Å². The van der Waals surface area contributed by atoms with Crippen LogP contribution in [0.15, 0.2) is 46.6 Å². The quantitative estimate of drug-likeness (QED) is 0.523. The number of carbonyl (C=O) groups excluding carboxylic acids is 1. The maximum Gasteiger partial charge on any atom is 0.322 e. The third-order valence-electron chi connectivity index (χ3n) is 5.94. The van der Waals surface area contributed by atoms with E-state index in [2.05, 4.69) is 15.5 Å². The summed E-state index contributed by atoms with van der Waals surface area (Å²) < 4.78 is 26.8. The molecule has 2 amide bonds. The van der Waals surface area contributed by atoms with Gasteiger partial charge >= 0.3 is 6.03 Å². The van der Waals surface area contributed by atoms with Gasteiger partial charge in [-0.1, -0.05) is 11.2 Å². The van der Waals surface area contributed by atoms with Crippen LogP contribution in [0.5, 0.6) is 23.0 Å². The summed E-state index contributed by atoms with van der Waals surface area (Å²) in [5.74, 6) is 2.12. The minimum atomic E-state index is -0.650. The van der Waals surface area contributed by atoms with E-state index in [1.54, 1.807) is 36.3 Å². The molecule has 0 fully saturated rings. The number of aromatic hydroxyl groups is 1. The summed E-state index contributed by atoms with van der Waals surface area (Å²) >= 11 is 0. The van der Waals surface area contributed by atoms with Crippen LogP contribution in [0, 0.1) is 0 Å². The fourth-order valence-electron chi connectivity index (χ4n) is 4.13. The molecule has 2 aromatic carbocycles. The Hall–Kier alpha value is -4.25. The summed E-state index contributed by atoms with van der Waals surface area (Å²) in [5, 5.41) is 17.5. The van der Waals surface area contributed by atoms with E-state index >= 15 is 0 Å². The molecule has 0 saturated carbocycles. The molecule has 5 rings (SSSR count). The Bertz CT molecular complexity index is 1300. The number of ether oxygens (including phenoxy) is 4. The first-order valence-corrected chi connectivity index (χ1v) is 10.9. The molecule has 0 saturated heterocycles. The van der Waals surface area contributed by atoms with Gasteiger partial charge in [0, 0.05) is 18.4 Å². The molecule has 1 aromatic heterocycles. The van der Waals surface area contributed by atoms with E-state index in [9.17, 15) is 9.90 Å². The van der Waals surface area contributed by atoms with Gasteiger partial charge in [0.2, 0.25) is 12.6 Å². The van der Waals surface area contributed by atoms with Gasteiger partial charge in [-0.3, -0.25) is 4.90 Å². The number of nitrogens with zero attached hydrogens (tertiary/aromatic N) is 3. The van der Waals surface area contributed by atoms with Crippen LogP contribution in [0.2, 0.25) is 0 Å². The number of phenols is 1. The Morgan fingerprint density at radius 3 is 2.77 bits per heavy atom. The van der Waals surface area contributed by atoms with Gasteiger partial charge < -0.3 is 33.9 Å². The van der Waals surface area contributed by atoms with Gasteiger partial charge in [0.15, 0.2) is 23.0 Å². The van der Waals surface area contributed by atoms with Crippen LogP contribution in [-0.4, -0.2) is 60.3 Å². The van der Waals surface area contributed by atoms with E-state index in [0.29, 0.717) is 58.6 Å².